The molecule has 54 valence electrons. The molecular weight excluding hydrogens is 143 g/mol. The van der Waals surface area contributed by atoms with Crippen molar-refractivity contribution in [1.82, 2.24) is 0 Å². The first-order valence-corrected chi connectivity index (χ1v) is 3.71. The molecule has 0 spiro atoms. The first-order valence-electron chi connectivity index (χ1n) is 2.36. The minimum absolute atomic E-state index is 1.22. The van der Waals surface area contributed by atoms with Gasteiger partial charge in [0.25, 0.3) is 0 Å². The topological polar surface area (TPSA) is 74.6 Å². The number of carboxylic acid groups (broad SMARTS) is 1. The van der Waals surface area contributed by atoms with Gasteiger partial charge in [-0.1, -0.05) is 0 Å². The van der Waals surface area contributed by atoms with Crippen LogP contribution in [-0.4, -0.2) is 21.1 Å². The first kappa shape index (κ1) is 8.66. The van der Waals surface area contributed by atoms with Crippen LogP contribution >= 0.6 is 8.03 Å². The van der Waals surface area contributed by atoms with Crippen LogP contribution in [0.3, 0.4) is 0 Å². The fourth-order valence-electron chi connectivity index (χ4n) is 0.0915. The Kier molecular flexibility index (Phi) is 2.40. The van der Waals surface area contributed by atoms with Gasteiger partial charge in [-0.25, -0.2) is 0 Å². The van der Waals surface area contributed by atoms with Gasteiger partial charge in [0, 0.05) is 0 Å². The van der Waals surface area contributed by atoms with Gasteiger partial charge in [-0.3, -0.25) is 9.36 Å². The summed E-state index contributed by atoms with van der Waals surface area (Å²) in [4.78, 5) is 18.5. The summed E-state index contributed by atoms with van der Waals surface area (Å²) in [5.41, 5.74) is 0. The summed E-state index contributed by atoms with van der Waals surface area (Å²) in [5, 5.41) is 6.80. The lowest BCUT2D eigenvalue weighted by molar-refractivity contribution is -0.139. The molecule has 0 amide bonds. The lowest BCUT2D eigenvalue weighted by atomic mass is 10.2. The molecule has 0 saturated carbocycles. The Hall–Kier alpha value is -0.340. The zero-order valence-electron chi connectivity index (χ0n) is 5.21. The zero-order valence-corrected chi connectivity index (χ0v) is 6.21. The second-order valence-electron chi connectivity index (χ2n) is 2.24. The van der Waals surface area contributed by atoms with E-state index in [1.54, 1.807) is 0 Å². The van der Waals surface area contributed by atoms with E-state index in [2.05, 4.69) is 0 Å². The normalized spacial score (nSPS) is 15.0. The van der Waals surface area contributed by atoms with Gasteiger partial charge in [0.2, 0.25) is 8.03 Å². The molecule has 0 rings (SSSR count). The van der Waals surface area contributed by atoms with Crippen molar-refractivity contribution in [3.63, 3.8) is 0 Å². The summed E-state index contributed by atoms with van der Waals surface area (Å²) in [6.45, 7) is 2.44. The second kappa shape index (κ2) is 2.50. The number of hydrogen-bond acceptors (Lipinski definition) is 2. The van der Waals surface area contributed by atoms with Gasteiger partial charge in [-0.15, -0.1) is 0 Å². The van der Waals surface area contributed by atoms with Crippen molar-refractivity contribution >= 4 is 14.0 Å². The van der Waals surface area contributed by atoms with Gasteiger partial charge in [0.15, 0.2) is 0 Å². The summed E-state index contributed by atoms with van der Waals surface area (Å²) in [6, 6.07) is 0. The zero-order chi connectivity index (χ0) is 7.65. The van der Waals surface area contributed by atoms with Crippen molar-refractivity contribution in [2.24, 2.45) is 0 Å². The molecule has 9 heavy (non-hydrogen) atoms. The van der Waals surface area contributed by atoms with Gasteiger partial charge in [0.1, 0.15) is 5.16 Å². The monoisotopic (exact) mass is 152 g/mol. The smallest absolute Gasteiger partial charge is 0.318 e. The Morgan fingerprint density at radius 3 is 1.89 bits per heavy atom. The highest BCUT2D eigenvalue weighted by atomic mass is 31.1. The summed E-state index contributed by atoms with van der Waals surface area (Å²) in [6.07, 6.45) is 0. The van der Waals surface area contributed by atoms with E-state index >= 15 is 0 Å². The third-order valence-corrected chi connectivity index (χ3v) is 2.35. The molecule has 0 aromatic carbocycles. The number of carbonyl (C=O) groups is 1. The Bertz CT molecular complexity index is 135. The molecule has 1 unspecified atom stereocenters. The first-order chi connectivity index (χ1) is 3.89. The van der Waals surface area contributed by atoms with E-state index in [1.165, 1.54) is 13.8 Å². The van der Waals surface area contributed by atoms with Crippen LogP contribution in [-0.2, 0) is 9.36 Å². The predicted molar refractivity (Wildman–Crippen MR) is 32.9 cm³/mol. The minimum atomic E-state index is -2.96. The van der Waals surface area contributed by atoms with E-state index in [0.29, 0.717) is 0 Å². The number of hydrogen-bond donors (Lipinski definition) is 2. The van der Waals surface area contributed by atoms with E-state index in [-0.39, 0.29) is 0 Å². The molecule has 4 nitrogen and oxygen atoms in total. The standard InChI is InChI=1S/C4H9O4P/c1-4(2,3(5)6)9(7)8/h9H,1-2H3,(H,5,6)(H,7,8). The molecule has 2 N–H and O–H groups in total. The molecule has 1 atom stereocenters. The average Bonchev–Trinajstić information content (AvgIpc) is 1.65. The van der Waals surface area contributed by atoms with Crippen molar-refractivity contribution in [3.8, 4) is 0 Å². The SMILES string of the molecule is CC(C)(C(=O)O)[PH](=O)O. The Morgan fingerprint density at radius 2 is 1.89 bits per heavy atom. The van der Waals surface area contributed by atoms with Crippen LogP contribution in [0.2, 0.25) is 0 Å². The Labute approximate surface area is 53.4 Å². The molecular formula is C4H9O4P. The average molecular weight is 152 g/mol. The fourth-order valence-corrected chi connectivity index (χ4v) is 0.274. The highest BCUT2D eigenvalue weighted by Crippen LogP contribution is 2.34. The van der Waals surface area contributed by atoms with E-state index in [4.69, 9.17) is 10.00 Å². The second-order valence-corrected chi connectivity index (χ2v) is 4.10. The van der Waals surface area contributed by atoms with Gasteiger partial charge in [-0.05, 0) is 13.8 Å². The third kappa shape index (κ3) is 1.80. The molecule has 0 saturated heterocycles. The molecule has 0 aliphatic rings. The summed E-state index contributed by atoms with van der Waals surface area (Å²) in [7, 11) is -2.96. The van der Waals surface area contributed by atoms with E-state index in [1.807, 2.05) is 0 Å². The molecule has 0 aliphatic carbocycles. The van der Waals surface area contributed by atoms with E-state index in [9.17, 15) is 9.36 Å². The maximum atomic E-state index is 10.3. The van der Waals surface area contributed by atoms with Gasteiger partial charge in [0.05, 0.1) is 0 Å². The van der Waals surface area contributed by atoms with E-state index < -0.39 is 19.2 Å². The highest BCUT2D eigenvalue weighted by Gasteiger charge is 2.32. The molecule has 5 heteroatoms. The van der Waals surface area contributed by atoms with Crippen molar-refractivity contribution in [2.75, 3.05) is 0 Å². The molecule has 0 bridgehead atoms. The molecule has 0 fully saturated rings. The van der Waals surface area contributed by atoms with Crippen molar-refractivity contribution in [3.05, 3.63) is 0 Å². The fraction of sp³-hybridized carbons (Fsp3) is 0.750. The third-order valence-electron chi connectivity index (χ3n) is 1.07. The quantitative estimate of drug-likeness (QED) is 0.558. The molecule has 0 aliphatic heterocycles. The van der Waals surface area contributed by atoms with Gasteiger partial charge >= 0.3 is 5.97 Å². The maximum absolute atomic E-state index is 10.3. The molecule has 0 radical (unpaired) electrons. The van der Waals surface area contributed by atoms with Crippen molar-refractivity contribution < 1.29 is 19.4 Å². The van der Waals surface area contributed by atoms with Crippen molar-refractivity contribution in [2.45, 2.75) is 19.0 Å². The minimum Gasteiger partial charge on any atom is -0.480 e. The number of rotatable bonds is 2. The number of carboxylic acids is 1. The highest BCUT2D eigenvalue weighted by molar-refractivity contribution is 7.41. The van der Waals surface area contributed by atoms with E-state index in [0.717, 1.165) is 0 Å². The largest absolute Gasteiger partial charge is 0.480 e. The molecule has 0 heterocycles. The molecule has 0 aromatic heterocycles. The van der Waals surface area contributed by atoms with Crippen LogP contribution in [0.15, 0.2) is 0 Å². The van der Waals surface area contributed by atoms with Crippen LogP contribution in [0.25, 0.3) is 0 Å². The predicted octanol–water partition coefficient (Wildman–Crippen LogP) is 0.317. The Morgan fingerprint density at radius 1 is 1.56 bits per heavy atom. The molecule has 0 aromatic rings. The summed E-state index contributed by atoms with van der Waals surface area (Å²) >= 11 is 0. The summed E-state index contributed by atoms with van der Waals surface area (Å²) < 4.78 is 10.3. The van der Waals surface area contributed by atoms with Gasteiger partial charge in [-0.2, -0.15) is 0 Å². The van der Waals surface area contributed by atoms with Crippen LogP contribution in [0.4, 0.5) is 0 Å². The van der Waals surface area contributed by atoms with Crippen LogP contribution < -0.4 is 0 Å². The van der Waals surface area contributed by atoms with Crippen LogP contribution in [0.1, 0.15) is 13.8 Å². The summed E-state index contributed by atoms with van der Waals surface area (Å²) in [5.74, 6) is -1.24. The number of aliphatic carboxylic acids is 1. The lowest BCUT2D eigenvalue weighted by Gasteiger charge is -2.13. The van der Waals surface area contributed by atoms with Crippen molar-refractivity contribution in [1.29, 1.82) is 0 Å². The maximum Gasteiger partial charge on any atom is 0.318 e. The van der Waals surface area contributed by atoms with Crippen LogP contribution in [0, 0.1) is 0 Å². The van der Waals surface area contributed by atoms with Gasteiger partial charge < -0.3 is 10.00 Å². The lowest BCUT2D eigenvalue weighted by Crippen LogP contribution is -2.26. The van der Waals surface area contributed by atoms with Crippen LogP contribution in [0.5, 0.6) is 0 Å². The Balaban J connectivity index is 4.38.